The maximum Gasteiger partial charge on any atom is 0.261 e. The molecule has 0 bridgehead atoms. The lowest BCUT2D eigenvalue weighted by Gasteiger charge is -2.32. The molecule has 0 unspecified atom stereocenters. The van der Waals surface area contributed by atoms with E-state index in [1.165, 1.54) is 11.3 Å². The highest BCUT2D eigenvalue weighted by molar-refractivity contribution is 7.19. The van der Waals surface area contributed by atoms with Gasteiger partial charge in [-0.25, -0.2) is 0 Å². The van der Waals surface area contributed by atoms with Crippen LogP contribution in [0.25, 0.3) is 0 Å². The number of anilines is 2. The molecule has 0 spiro atoms. The van der Waals surface area contributed by atoms with Crippen molar-refractivity contribution in [3.8, 4) is 6.07 Å². The quantitative estimate of drug-likeness (QED) is 0.871. The molecule has 1 aromatic heterocycles. The van der Waals surface area contributed by atoms with Gasteiger partial charge in [-0.1, -0.05) is 0 Å². The average molecular weight is 294 g/mol. The summed E-state index contributed by atoms with van der Waals surface area (Å²) in [5, 5.41) is 9.98. The summed E-state index contributed by atoms with van der Waals surface area (Å²) >= 11 is 1.20. The van der Waals surface area contributed by atoms with Crippen molar-refractivity contribution in [1.29, 1.82) is 5.26 Å². The molecular weight excluding hydrogens is 276 g/mol. The first-order valence-corrected chi connectivity index (χ1v) is 7.38. The number of primary amides is 1. The monoisotopic (exact) mass is 294 g/mol. The number of piperidine rings is 1. The Labute approximate surface area is 121 Å². The molecule has 2 rings (SSSR count). The lowest BCUT2D eigenvalue weighted by molar-refractivity contribution is 0.0460. The van der Waals surface area contributed by atoms with Crippen LogP contribution in [0.1, 0.15) is 35.0 Å². The second-order valence-electron chi connectivity index (χ2n) is 4.64. The molecule has 7 heteroatoms. The smallest absolute Gasteiger partial charge is 0.261 e. The third-order valence-electron chi connectivity index (χ3n) is 3.39. The van der Waals surface area contributed by atoms with Gasteiger partial charge in [-0.15, -0.1) is 11.3 Å². The molecule has 1 fully saturated rings. The van der Waals surface area contributed by atoms with E-state index in [2.05, 4.69) is 11.0 Å². The van der Waals surface area contributed by atoms with Crippen LogP contribution in [0.5, 0.6) is 0 Å². The van der Waals surface area contributed by atoms with Crippen LogP contribution in [0.2, 0.25) is 0 Å². The molecule has 6 nitrogen and oxygen atoms in total. The molecule has 1 saturated heterocycles. The van der Waals surface area contributed by atoms with E-state index >= 15 is 0 Å². The number of rotatable bonds is 4. The standard InChI is InChI=1S/C13H18N4O2S/c1-2-19-8-3-5-17(6-4-8)13-9(7-14)10(15)11(20-13)12(16)18/h8H,2-6,15H2,1H3,(H2,16,18). The van der Waals surface area contributed by atoms with Crippen LogP contribution in [0.4, 0.5) is 10.7 Å². The predicted molar refractivity (Wildman–Crippen MR) is 78.8 cm³/mol. The Morgan fingerprint density at radius 3 is 2.70 bits per heavy atom. The normalized spacial score (nSPS) is 16.1. The number of hydrogen-bond donors (Lipinski definition) is 2. The summed E-state index contributed by atoms with van der Waals surface area (Å²) in [6, 6.07) is 2.08. The Morgan fingerprint density at radius 2 is 2.20 bits per heavy atom. The zero-order valence-electron chi connectivity index (χ0n) is 11.4. The maximum atomic E-state index is 11.3. The number of nitriles is 1. The molecular formula is C13H18N4O2S. The molecule has 4 N–H and O–H groups in total. The summed E-state index contributed by atoms with van der Waals surface area (Å²) in [6.07, 6.45) is 2.08. The molecule has 20 heavy (non-hydrogen) atoms. The van der Waals surface area contributed by atoms with Gasteiger partial charge in [0.1, 0.15) is 21.5 Å². The fraction of sp³-hybridized carbons (Fsp3) is 0.538. The van der Waals surface area contributed by atoms with Gasteiger partial charge in [0.05, 0.1) is 11.8 Å². The largest absolute Gasteiger partial charge is 0.396 e. The number of ether oxygens (including phenoxy) is 1. The number of nitrogens with zero attached hydrogens (tertiary/aromatic N) is 2. The Bertz CT molecular complexity index is 541. The predicted octanol–water partition coefficient (Wildman–Crippen LogP) is 1.31. The molecule has 1 aliphatic rings. The van der Waals surface area contributed by atoms with Crippen LogP contribution in [0.3, 0.4) is 0 Å². The van der Waals surface area contributed by atoms with E-state index in [4.69, 9.17) is 16.2 Å². The Morgan fingerprint density at radius 1 is 1.55 bits per heavy atom. The molecule has 0 aromatic carbocycles. The summed E-state index contributed by atoms with van der Waals surface area (Å²) in [4.78, 5) is 13.7. The summed E-state index contributed by atoms with van der Waals surface area (Å²) < 4.78 is 5.60. The summed E-state index contributed by atoms with van der Waals surface area (Å²) in [5.41, 5.74) is 11.7. The van der Waals surface area contributed by atoms with Gasteiger partial charge in [-0.2, -0.15) is 5.26 Å². The maximum absolute atomic E-state index is 11.3. The van der Waals surface area contributed by atoms with Gasteiger partial charge in [0.2, 0.25) is 0 Å². The SMILES string of the molecule is CCOC1CCN(c2sc(C(N)=O)c(N)c2C#N)CC1. The molecule has 2 heterocycles. The first-order valence-electron chi connectivity index (χ1n) is 6.57. The topological polar surface area (TPSA) is 105 Å². The molecule has 0 radical (unpaired) electrons. The highest BCUT2D eigenvalue weighted by Crippen LogP contribution is 2.38. The van der Waals surface area contributed by atoms with E-state index in [0.717, 1.165) is 30.9 Å². The minimum atomic E-state index is -0.584. The fourth-order valence-electron chi connectivity index (χ4n) is 2.41. The van der Waals surface area contributed by atoms with Gasteiger partial charge >= 0.3 is 0 Å². The lowest BCUT2D eigenvalue weighted by atomic mass is 10.1. The van der Waals surface area contributed by atoms with Crippen molar-refractivity contribution in [3.63, 3.8) is 0 Å². The van der Waals surface area contributed by atoms with Crippen LogP contribution in [-0.4, -0.2) is 31.7 Å². The first kappa shape index (κ1) is 14.6. The average Bonchev–Trinajstić information content (AvgIpc) is 2.77. The van der Waals surface area contributed by atoms with Crippen LogP contribution >= 0.6 is 11.3 Å². The third-order valence-corrected chi connectivity index (χ3v) is 4.67. The van der Waals surface area contributed by atoms with Crippen LogP contribution in [0.15, 0.2) is 0 Å². The Hall–Kier alpha value is -1.78. The fourth-order valence-corrected chi connectivity index (χ4v) is 3.48. The van der Waals surface area contributed by atoms with Crippen molar-refractivity contribution < 1.29 is 9.53 Å². The van der Waals surface area contributed by atoms with Crippen LogP contribution in [-0.2, 0) is 4.74 Å². The first-order chi connectivity index (χ1) is 9.58. The van der Waals surface area contributed by atoms with Crippen molar-refractivity contribution in [2.75, 3.05) is 30.3 Å². The summed E-state index contributed by atoms with van der Waals surface area (Å²) in [5.74, 6) is -0.584. The highest BCUT2D eigenvalue weighted by atomic mass is 32.1. The second kappa shape index (κ2) is 6.11. The number of carbonyl (C=O) groups is 1. The van der Waals surface area contributed by atoms with E-state index in [-0.39, 0.29) is 16.7 Å². The molecule has 1 amide bonds. The van der Waals surface area contributed by atoms with Crippen LogP contribution < -0.4 is 16.4 Å². The Balaban J connectivity index is 2.20. The number of carbonyl (C=O) groups excluding carboxylic acids is 1. The Kier molecular flexibility index (Phi) is 4.47. The highest BCUT2D eigenvalue weighted by Gasteiger charge is 2.26. The van der Waals surface area contributed by atoms with E-state index in [1.54, 1.807) is 0 Å². The number of amides is 1. The summed E-state index contributed by atoms with van der Waals surface area (Å²) in [7, 11) is 0. The van der Waals surface area contributed by atoms with Gasteiger partial charge in [-0.05, 0) is 19.8 Å². The number of thiophene rings is 1. The van der Waals surface area contributed by atoms with E-state index in [9.17, 15) is 10.1 Å². The van der Waals surface area contributed by atoms with Crippen molar-refractivity contribution in [2.45, 2.75) is 25.9 Å². The number of hydrogen-bond acceptors (Lipinski definition) is 6. The van der Waals surface area contributed by atoms with Crippen molar-refractivity contribution in [1.82, 2.24) is 0 Å². The molecule has 108 valence electrons. The minimum Gasteiger partial charge on any atom is -0.396 e. The molecule has 1 aromatic rings. The van der Waals surface area contributed by atoms with Gasteiger partial charge in [-0.3, -0.25) is 4.79 Å². The van der Waals surface area contributed by atoms with E-state index in [0.29, 0.717) is 12.2 Å². The van der Waals surface area contributed by atoms with Crippen molar-refractivity contribution in [2.24, 2.45) is 5.73 Å². The van der Waals surface area contributed by atoms with Gasteiger partial charge < -0.3 is 21.1 Å². The van der Waals surface area contributed by atoms with E-state index in [1.807, 2.05) is 6.92 Å². The van der Waals surface area contributed by atoms with E-state index < -0.39 is 5.91 Å². The third kappa shape index (κ3) is 2.71. The van der Waals surface area contributed by atoms with Gasteiger partial charge in [0.15, 0.2) is 0 Å². The number of nitrogen functional groups attached to an aromatic ring is 1. The molecule has 1 aliphatic heterocycles. The second-order valence-corrected chi connectivity index (χ2v) is 5.64. The van der Waals surface area contributed by atoms with Crippen LogP contribution in [0, 0.1) is 11.3 Å². The zero-order chi connectivity index (χ0) is 14.7. The minimum absolute atomic E-state index is 0.201. The number of nitrogens with two attached hydrogens (primary N) is 2. The lowest BCUT2D eigenvalue weighted by Crippen LogP contribution is -2.37. The zero-order valence-corrected chi connectivity index (χ0v) is 12.2. The molecule has 0 saturated carbocycles. The van der Waals surface area contributed by atoms with Crippen molar-refractivity contribution in [3.05, 3.63) is 10.4 Å². The summed E-state index contributed by atoms with van der Waals surface area (Å²) in [6.45, 7) is 4.28. The van der Waals surface area contributed by atoms with Gasteiger partial charge in [0.25, 0.3) is 5.91 Å². The molecule has 0 atom stereocenters. The molecule has 0 aliphatic carbocycles. The van der Waals surface area contributed by atoms with Gasteiger partial charge in [0, 0.05) is 19.7 Å². The van der Waals surface area contributed by atoms with Crippen molar-refractivity contribution >= 4 is 27.9 Å².